The number of imide groups is 1. The molecule has 0 bridgehead atoms. The number of rotatable bonds is 3. The summed E-state index contributed by atoms with van der Waals surface area (Å²) in [6, 6.07) is 4.74. The highest BCUT2D eigenvalue weighted by atomic mass is 19.1. The first-order chi connectivity index (χ1) is 9.17. The van der Waals surface area contributed by atoms with Crippen molar-refractivity contribution in [3.05, 3.63) is 35.6 Å². The second-order valence-corrected chi connectivity index (χ2v) is 5.43. The quantitative estimate of drug-likeness (QED) is 0.885. The number of amides is 2. The summed E-state index contributed by atoms with van der Waals surface area (Å²) >= 11 is 0. The SMILES string of the molecule is CC(C)(C)OC(=O)NC(=O)[C@@H](N)Cc1ccc(F)cc1. The van der Waals surface area contributed by atoms with Gasteiger partial charge in [0.1, 0.15) is 11.4 Å². The molecule has 1 atom stereocenters. The lowest BCUT2D eigenvalue weighted by molar-refractivity contribution is -0.121. The molecule has 0 aliphatic heterocycles. The number of ether oxygens (including phenoxy) is 1. The van der Waals surface area contributed by atoms with Gasteiger partial charge in [0.15, 0.2) is 0 Å². The molecule has 0 heterocycles. The number of alkyl carbamates (subject to hydrolysis) is 1. The van der Waals surface area contributed by atoms with Crippen LogP contribution >= 0.6 is 0 Å². The molecular formula is C14H19FN2O3. The fraction of sp³-hybridized carbons (Fsp3) is 0.429. The number of hydrogen-bond donors (Lipinski definition) is 2. The van der Waals surface area contributed by atoms with Crippen molar-refractivity contribution >= 4 is 12.0 Å². The first kappa shape index (κ1) is 16.1. The monoisotopic (exact) mass is 282 g/mol. The van der Waals surface area contributed by atoms with Crippen LogP contribution in [0.4, 0.5) is 9.18 Å². The Morgan fingerprint density at radius 3 is 2.35 bits per heavy atom. The third-order valence-corrected chi connectivity index (χ3v) is 2.33. The summed E-state index contributed by atoms with van der Waals surface area (Å²) in [5, 5.41) is 2.07. The maximum Gasteiger partial charge on any atom is 0.414 e. The number of nitrogens with two attached hydrogens (primary N) is 1. The molecule has 20 heavy (non-hydrogen) atoms. The lowest BCUT2D eigenvalue weighted by atomic mass is 10.1. The van der Waals surface area contributed by atoms with Gasteiger partial charge in [-0.2, -0.15) is 0 Å². The van der Waals surface area contributed by atoms with Gasteiger partial charge in [-0.1, -0.05) is 12.1 Å². The minimum Gasteiger partial charge on any atom is -0.444 e. The molecule has 0 aliphatic rings. The van der Waals surface area contributed by atoms with E-state index in [2.05, 4.69) is 5.32 Å². The maximum absolute atomic E-state index is 12.7. The van der Waals surface area contributed by atoms with Gasteiger partial charge in [-0.15, -0.1) is 0 Å². The predicted molar refractivity (Wildman–Crippen MR) is 72.5 cm³/mol. The standard InChI is InChI=1S/C14H19FN2O3/c1-14(2,3)20-13(19)17-12(18)11(16)8-9-4-6-10(15)7-5-9/h4-7,11H,8,16H2,1-3H3,(H,17,18,19)/t11-/m0/s1. The Labute approximate surface area is 117 Å². The molecule has 2 amide bonds. The summed E-state index contributed by atoms with van der Waals surface area (Å²) < 4.78 is 17.7. The van der Waals surface area contributed by atoms with Gasteiger partial charge in [0, 0.05) is 0 Å². The number of halogens is 1. The molecule has 0 radical (unpaired) electrons. The Bertz CT molecular complexity index is 480. The number of nitrogens with one attached hydrogen (secondary N) is 1. The maximum atomic E-state index is 12.7. The fourth-order valence-corrected chi connectivity index (χ4v) is 1.46. The van der Waals surface area contributed by atoms with Crippen LogP contribution in [0.2, 0.25) is 0 Å². The van der Waals surface area contributed by atoms with Gasteiger partial charge < -0.3 is 10.5 Å². The average Bonchev–Trinajstić information content (AvgIpc) is 2.29. The van der Waals surface area contributed by atoms with E-state index in [1.165, 1.54) is 24.3 Å². The van der Waals surface area contributed by atoms with Crippen molar-refractivity contribution in [3.8, 4) is 0 Å². The molecule has 110 valence electrons. The zero-order chi connectivity index (χ0) is 15.3. The van der Waals surface area contributed by atoms with E-state index in [1.807, 2.05) is 0 Å². The van der Waals surface area contributed by atoms with Crippen molar-refractivity contribution in [1.29, 1.82) is 0 Å². The van der Waals surface area contributed by atoms with Gasteiger partial charge >= 0.3 is 6.09 Å². The molecule has 0 saturated carbocycles. The average molecular weight is 282 g/mol. The highest BCUT2D eigenvalue weighted by molar-refractivity contribution is 5.94. The van der Waals surface area contributed by atoms with Crippen LogP contribution in [0.25, 0.3) is 0 Å². The van der Waals surface area contributed by atoms with E-state index in [9.17, 15) is 14.0 Å². The topological polar surface area (TPSA) is 81.4 Å². The normalized spacial score (nSPS) is 12.7. The molecule has 0 aliphatic carbocycles. The van der Waals surface area contributed by atoms with Gasteiger partial charge in [0.2, 0.25) is 5.91 Å². The first-order valence-electron chi connectivity index (χ1n) is 6.21. The smallest absolute Gasteiger partial charge is 0.414 e. The van der Waals surface area contributed by atoms with Crippen LogP contribution in [0.15, 0.2) is 24.3 Å². The lowest BCUT2D eigenvalue weighted by Crippen LogP contribution is -2.46. The van der Waals surface area contributed by atoms with Crippen LogP contribution in [-0.4, -0.2) is 23.6 Å². The van der Waals surface area contributed by atoms with Crippen molar-refractivity contribution in [2.24, 2.45) is 5.73 Å². The largest absolute Gasteiger partial charge is 0.444 e. The van der Waals surface area contributed by atoms with Gasteiger partial charge in [0.25, 0.3) is 0 Å². The molecule has 0 aromatic heterocycles. The first-order valence-corrected chi connectivity index (χ1v) is 6.21. The van der Waals surface area contributed by atoms with E-state index < -0.39 is 23.6 Å². The van der Waals surface area contributed by atoms with Crippen molar-refractivity contribution in [2.45, 2.75) is 38.8 Å². The zero-order valence-corrected chi connectivity index (χ0v) is 11.8. The summed E-state index contributed by atoms with van der Waals surface area (Å²) in [5.74, 6) is -0.996. The number of carbonyl (C=O) groups is 2. The predicted octanol–water partition coefficient (Wildman–Crippen LogP) is 1.75. The number of benzene rings is 1. The van der Waals surface area contributed by atoms with Crippen LogP contribution in [0, 0.1) is 5.82 Å². The zero-order valence-electron chi connectivity index (χ0n) is 11.8. The number of carbonyl (C=O) groups excluding carboxylic acids is 2. The Hall–Kier alpha value is -1.95. The molecule has 0 unspecified atom stereocenters. The molecule has 1 aromatic rings. The fourth-order valence-electron chi connectivity index (χ4n) is 1.46. The molecular weight excluding hydrogens is 263 g/mol. The van der Waals surface area contributed by atoms with E-state index in [0.29, 0.717) is 5.56 Å². The van der Waals surface area contributed by atoms with Crippen molar-refractivity contribution in [3.63, 3.8) is 0 Å². The van der Waals surface area contributed by atoms with E-state index in [-0.39, 0.29) is 12.2 Å². The minimum atomic E-state index is -0.909. The van der Waals surface area contributed by atoms with Crippen LogP contribution < -0.4 is 11.1 Å². The van der Waals surface area contributed by atoms with Crippen molar-refractivity contribution in [2.75, 3.05) is 0 Å². The molecule has 5 nitrogen and oxygen atoms in total. The second kappa shape index (κ2) is 6.47. The summed E-state index contributed by atoms with van der Waals surface area (Å²) in [6.07, 6.45) is -0.633. The van der Waals surface area contributed by atoms with Gasteiger partial charge in [0.05, 0.1) is 6.04 Å². The molecule has 0 fully saturated rings. The summed E-state index contributed by atoms with van der Waals surface area (Å²) in [5.41, 5.74) is 5.70. The van der Waals surface area contributed by atoms with Gasteiger partial charge in [-0.05, 0) is 44.9 Å². The Kier molecular flexibility index (Phi) is 5.21. The van der Waals surface area contributed by atoms with E-state index in [4.69, 9.17) is 10.5 Å². The van der Waals surface area contributed by atoms with Crippen LogP contribution in [-0.2, 0) is 16.0 Å². The number of hydrogen-bond acceptors (Lipinski definition) is 4. The third-order valence-electron chi connectivity index (χ3n) is 2.33. The molecule has 6 heteroatoms. The van der Waals surface area contributed by atoms with Gasteiger partial charge in [-0.3, -0.25) is 10.1 Å². The van der Waals surface area contributed by atoms with Gasteiger partial charge in [-0.25, -0.2) is 9.18 Å². The van der Waals surface area contributed by atoms with E-state index in [1.54, 1.807) is 20.8 Å². The Balaban J connectivity index is 2.51. The van der Waals surface area contributed by atoms with Crippen molar-refractivity contribution < 1.29 is 18.7 Å². The summed E-state index contributed by atoms with van der Waals surface area (Å²) in [7, 11) is 0. The summed E-state index contributed by atoms with van der Waals surface area (Å²) in [6.45, 7) is 5.07. The van der Waals surface area contributed by atoms with E-state index in [0.717, 1.165) is 0 Å². The minimum absolute atomic E-state index is 0.203. The molecule has 0 saturated heterocycles. The summed E-state index contributed by atoms with van der Waals surface area (Å²) in [4.78, 5) is 23.1. The highest BCUT2D eigenvalue weighted by Crippen LogP contribution is 2.07. The van der Waals surface area contributed by atoms with Crippen LogP contribution in [0.1, 0.15) is 26.3 Å². The molecule has 0 spiro atoms. The Morgan fingerprint density at radius 2 is 1.85 bits per heavy atom. The molecule has 3 N–H and O–H groups in total. The Morgan fingerprint density at radius 1 is 1.30 bits per heavy atom. The molecule has 1 aromatic carbocycles. The van der Waals surface area contributed by atoms with E-state index >= 15 is 0 Å². The highest BCUT2D eigenvalue weighted by Gasteiger charge is 2.21. The van der Waals surface area contributed by atoms with Crippen LogP contribution in [0.5, 0.6) is 0 Å². The third kappa shape index (κ3) is 5.79. The lowest BCUT2D eigenvalue weighted by Gasteiger charge is -2.20. The van der Waals surface area contributed by atoms with Crippen LogP contribution in [0.3, 0.4) is 0 Å². The van der Waals surface area contributed by atoms with Crippen molar-refractivity contribution in [1.82, 2.24) is 5.32 Å². The molecule has 1 rings (SSSR count). The second-order valence-electron chi connectivity index (χ2n) is 5.43.